The summed E-state index contributed by atoms with van der Waals surface area (Å²) >= 11 is 0. The van der Waals surface area contributed by atoms with E-state index in [9.17, 15) is 18.8 Å². The highest BCUT2D eigenvalue weighted by molar-refractivity contribution is 5.95. The van der Waals surface area contributed by atoms with Crippen LogP contribution in [0.2, 0.25) is 0 Å². The van der Waals surface area contributed by atoms with Gasteiger partial charge in [0, 0.05) is 18.5 Å². The van der Waals surface area contributed by atoms with Crippen LogP contribution in [0.4, 0.5) is 9.18 Å². The van der Waals surface area contributed by atoms with E-state index in [0.717, 1.165) is 19.3 Å². The third-order valence-corrected chi connectivity index (χ3v) is 6.66. The summed E-state index contributed by atoms with van der Waals surface area (Å²) in [6.45, 7) is 3.93. The topological polar surface area (TPSA) is 90.5 Å². The van der Waals surface area contributed by atoms with Crippen molar-refractivity contribution in [3.8, 4) is 0 Å². The Bertz CT molecular complexity index is 795. The molecule has 4 amide bonds. The molecule has 1 aromatic carbocycles. The van der Waals surface area contributed by atoms with E-state index in [4.69, 9.17) is 0 Å². The quantitative estimate of drug-likeness (QED) is 0.601. The maximum atomic E-state index is 13.7. The lowest BCUT2D eigenvalue weighted by atomic mass is 9.86. The minimum Gasteiger partial charge on any atom is -0.356 e. The first-order valence-electron chi connectivity index (χ1n) is 11.8. The number of halogens is 1. The van der Waals surface area contributed by atoms with Crippen molar-refractivity contribution >= 4 is 17.8 Å². The maximum Gasteiger partial charge on any atom is 0.321 e. The SMILES string of the molecule is CC1CCCCC1NC(=O)NC(=O)CN1CCC(C(=O)NCCc2ccccc2F)CC1. The number of carbonyl (C=O) groups is 3. The second-order valence-corrected chi connectivity index (χ2v) is 9.07. The number of piperidine rings is 1. The van der Waals surface area contributed by atoms with Gasteiger partial charge in [0.05, 0.1) is 6.54 Å². The van der Waals surface area contributed by atoms with Gasteiger partial charge >= 0.3 is 6.03 Å². The molecular weight excluding hydrogens is 411 g/mol. The van der Waals surface area contributed by atoms with Gasteiger partial charge in [0.1, 0.15) is 5.82 Å². The third kappa shape index (κ3) is 7.29. The van der Waals surface area contributed by atoms with Crippen LogP contribution in [0, 0.1) is 17.7 Å². The summed E-state index contributed by atoms with van der Waals surface area (Å²) < 4.78 is 13.7. The van der Waals surface area contributed by atoms with Gasteiger partial charge in [-0.1, -0.05) is 38.0 Å². The van der Waals surface area contributed by atoms with Crippen LogP contribution in [-0.4, -0.2) is 55.0 Å². The van der Waals surface area contributed by atoms with Gasteiger partial charge in [-0.25, -0.2) is 9.18 Å². The molecule has 1 aromatic rings. The van der Waals surface area contributed by atoms with Gasteiger partial charge in [0.2, 0.25) is 11.8 Å². The summed E-state index contributed by atoms with van der Waals surface area (Å²) in [5.74, 6) is -0.270. The van der Waals surface area contributed by atoms with Gasteiger partial charge in [-0.15, -0.1) is 0 Å². The molecule has 3 rings (SSSR count). The van der Waals surface area contributed by atoms with Crippen molar-refractivity contribution in [1.29, 1.82) is 0 Å². The summed E-state index contributed by atoms with van der Waals surface area (Å²) in [7, 11) is 0. The number of imide groups is 1. The molecule has 2 unspecified atom stereocenters. The maximum absolute atomic E-state index is 13.7. The van der Waals surface area contributed by atoms with Crippen LogP contribution in [0.5, 0.6) is 0 Å². The molecule has 0 spiro atoms. The first-order chi connectivity index (χ1) is 15.4. The summed E-state index contributed by atoms with van der Waals surface area (Å²) in [6, 6.07) is 6.29. The van der Waals surface area contributed by atoms with Crippen molar-refractivity contribution in [2.75, 3.05) is 26.2 Å². The lowest BCUT2D eigenvalue weighted by Gasteiger charge is -2.31. The molecule has 2 aliphatic rings. The van der Waals surface area contributed by atoms with E-state index in [2.05, 4.69) is 22.9 Å². The van der Waals surface area contributed by atoms with Crippen LogP contribution in [-0.2, 0) is 16.0 Å². The Labute approximate surface area is 189 Å². The molecule has 0 radical (unpaired) electrons. The fourth-order valence-electron chi connectivity index (χ4n) is 4.62. The summed E-state index contributed by atoms with van der Waals surface area (Å²) in [6.07, 6.45) is 6.13. The standard InChI is InChI=1S/C24H35FN4O3/c1-17-6-2-5-9-21(17)27-24(32)28-22(30)16-29-14-11-19(12-15-29)23(31)26-13-10-18-7-3-4-8-20(18)25/h3-4,7-8,17,19,21H,2,5-6,9-16H2,1H3,(H,26,31)(H2,27,28,30,32). The highest BCUT2D eigenvalue weighted by atomic mass is 19.1. The summed E-state index contributed by atoms with van der Waals surface area (Å²) in [4.78, 5) is 38.8. The van der Waals surface area contributed by atoms with E-state index in [1.165, 1.54) is 12.5 Å². The van der Waals surface area contributed by atoms with Gasteiger partial charge in [0.15, 0.2) is 0 Å². The number of urea groups is 1. The van der Waals surface area contributed by atoms with Gasteiger partial charge in [0.25, 0.3) is 0 Å². The number of amides is 4. The number of rotatable bonds is 7. The molecule has 7 nitrogen and oxygen atoms in total. The van der Waals surface area contributed by atoms with Crippen LogP contribution in [0.1, 0.15) is 51.0 Å². The van der Waals surface area contributed by atoms with Crippen molar-refractivity contribution in [3.05, 3.63) is 35.6 Å². The number of nitrogens with zero attached hydrogens (tertiary/aromatic N) is 1. The Kier molecular flexibility index (Phi) is 9.02. The molecule has 1 heterocycles. The van der Waals surface area contributed by atoms with Crippen LogP contribution in [0.15, 0.2) is 24.3 Å². The third-order valence-electron chi connectivity index (χ3n) is 6.66. The van der Waals surface area contributed by atoms with E-state index in [1.54, 1.807) is 18.2 Å². The van der Waals surface area contributed by atoms with Crippen LogP contribution >= 0.6 is 0 Å². The van der Waals surface area contributed by atoms with Gasteiger partial charge < -0.3 is 10.6 Å². The first-order valence-corrected chi connectivity index (χ1v) is 11.8. The Morgan fingerprint density at radius 3 is 2.50 bits per heavy atom. The molecule has 8 heteroatoms. The first kappa shape index (κ1) is 24.2. The second kappa shape index (κ2) is 11.9. The van der Waals surface area contributed by atoms with E-state index in [0.29, 0.717) is 50.4 Å². The van der Waals surface area contributed by atoms with Gasteiger partial charge in [-0.2, -0.15) is 0 Å². The van der Waals surface area contributed by atoms with Crippen molar-refractivity contribution in [1.82, 2.24) is 20.9 Å². The number of benzene rings is 1. The number of nitrogens with one attached hydrogen (secondary N) is 3. The van der Waals surface area contributed by atoms with Crippen molar-refractivity contribution in [2.24, 2.45) is 11.8 Å². The monoisotopic (exact) mass is 446 g/mol. The Balaban J connectivity index is 1.31. The molecule has 0 aromatic heterocycles. The van der Waals surface area contributed by atoms with E-state index < -0.39 is 6.03 Å². The largest absolute Gasteiger partial charge is 0.356 e. The summed E-state index contributed by atoms with van der Waals surface area (Å²) in [5, 5.41) is 8.26. The van der Waals surface area contributed by atoms with Crippen molar-refractivity contribution < 1.29 is 18.8 Å². The molecule has 1 aliphatic carbocycles. The molecule has 1 saturated carbocycles. The highest BCUT2D eigenvalue weighted by Crippen LogP contribution is 2.23. The molecule has 176 valence electrons. The normalized spacial score (nSPS) is 22.2. The highest BCUT2D eigenvalue weighted by Gasteiger charge is 2.27. The number of hydrogen-bond donors (Lipinski definition) is 3. The van der Waals surface area contributed by atoms with Crippen molar-refractivity contribution in [3.63, 3.8) is 0 Å². The van der Waals surface area contributed by atoms with Crippen molar-refractivity contribution in [2.45, 2.75) is 57.9 Å². The summed E-state index contributed by atoms with van der Waals surface area (Å²) in [5.41, 5.74) is 0.593. The van der Waals surface area contributed by atoms with E-state index in [1.807, 2.05) is 4.90 Å². The lowest BCUT2D eigenvalue weighted by Crippen LogP contribution is -2.50. The predicted molar refractivity (Wildman–Crippen MR) is 120 cm³/mol. The molecule has 32 heavy (non-hydrogen) atoms. The average molecular weight is 447 g/mol. The number of likely N-dealkylation sites (tertiary alicyclic amines) is 1. The Hall–Kier alpha value is -2.48. The number of carbonyl (C=O) groups excluding carboxylic acids is 3. The zero-order valence-electron chi connectivity index (χ0n) is 18.9. The molecule has 1 aliphatic heterocycles. The fourth-order valence-corrected chi connectivity index (χ4v) is 4.62. The molecule has 2 fully saturated rings. The van der Waals surface area contributed by atoms with E-state index >= 15 is 0 Å². The second-order valence-electron chi connectivity index (χ2n) is 9.07. The van der Waals surface area contributed by atoms with Gasteiger partial charge in [-0.05, 0) is 62.7 Å². The zero-order valence-corrected chi connectivity index (χ0v) is 18.9. The molecule has 1 saturated heterocycles. The molecular formula is C24H35FN4O3. The molecule has 2 atom stereocenters. The molecule has 0 bridgehead atoms. The Morgan fingerprint density at radius 2 is 1.78 bits per heavy atom. The van der Waals surface area contributed by atoms with Crippen LogP contribution in [0.3, 0.4) is 0 Å². The van der Waals surface area contributed by atoms with Gasteiger partial charge in [-0.3, -0.25) is 19.8 Å². The Morgan fingerprint density at radius 1 is 1.06 bits per heavy atom. The van der Waals surface area contributed by atoms with Crippen LogP contribution in [0.25, 0.3) is 0 Å². The smallest absolute Gasteiger partial charge is 0.321 e. The minimum atomic E-state index is -0.419. The number of hydrogen-bond acceptors (Lipinski definition) is 4. The zero-order chi connectivity index (χ0) is 22.9. The fraction of sp³-hybridized carbons (Fsp3) is 0.625. The van der Waals surface area contributed by atoms with E-state index in [-0.39, 0.29) is 36.1 Å². The lowest BCUT2D eigenvalue weighted by molar-refractivity contribution is -0.126. The predicted octanol–water partition coefficient (Wildman–Crippen LogP) is 2.60. The molecule has 3 N–H and O–H groups in total. The van der Waals surface area contributed by atoms with Crippen LogP contribution < -0.4 is 16.0 Å². The average Bonchev–Trinajstić information content (AvgIpc) is 2.77. The minimum absolute atomic E-state index is 0.0218.